The Bertz CT molecular complexity index is 286. The van der Waals surface area contributed by atoms with E-state index in [0.717, 1.165) is 25.6 Å². The van der Waals surface area contributed by atoms with Crippen molar-refractivity contribution >= 4 is 19.7 Å². The lowest BCUT2D eigenvalue weighted by Gasteiger charge is -2.10. The van der Waals surface area contributed by atoms with Crippen molar-refractivity contribution in [3.63, 3.8) is 0 Å². The minimum atomic E-state index is -3.33. The van der Waals surface area contributed by atoms with Gasteiger partial charge in [-0.2, -0.15) is 0 Å². The molecule has 1 fully saturated rings. The number of hydrogen-bond acceptors (Lipinski definition) is 3. The number of rotatable bonds is 9. The van der Waals surface area contributed by atoms with Gasteiger partial charge in [-0.3, -0.25) is 0 Å². The summed E-state index contributed by atoms with van der Waals surface area (Å²) in [5, 5.41) is 0. The Hall–Kier alpha value is 0.200. The van der Waals surface area contributed by atoms with Crippen molar-refractivity contribution in [2.24, 2.45) is 11.8 Å². The predicted octanol–water partition coefficient (Wildman–Crippen LogP) is 2.79. The Morgan fingerprint density at radius 2 is 2.00 bits per heavy atom. The number of ether oxygens (including phenoxy) is 1. The lowest BCUT2D eigenvalue weighted by Crippen LogP contribution is -2.07. The van der Waals surface area contributed by atoms with Crippen molar-refractivity contribution < 1.29 is 13.2 Å². The average molecular weight is 269 g/mol. The molecule has 0 aromatic carbocycles. The zero-order valence-electron chi connectivity index (χ0n) is 9.82. The Kier molecular flexibility index (Phi) is 6.08. The number of halogens is 1. The quantitative estimate of drug-likeness (QED) is 0.477. The van der Waals surface area contributed by atoms with E-state index in [1.165, 1.54) is 19.3 Å². The highest BCUT2D eigenvalue weighted by Gasteiger charge is 2.20. The van der Waals surface area contributed by atoms with Crippen molar-refractivity contribution in [2.75, 3.05) is 19.0 Å². The minimum Gasteiger partial charge on any atom is -0.381 e. The van der Waals surface area contributed by atoms with Gasteiger partial charge in [0, 0.05) is 23.9 Å². The van der Waals surface area contributed by atoms with Crippen molar-refractivity contribution in [2.45, 2.75) is 39.0 Å². The van der Waals surface area contributed by atoms with E-state index in [0.29, 0.717) is 12.3 Å². The maximum absolute atomic E-state index is 10.7. The third kappa shape index (κ3) is 8.36. The largest absolute Gasteiger partial charge is 0.381 e. The van der Waals surface area contributed by atoms with Crippen LogP contribution < -0.4 is 0 Å². The second kappa shape index (κ2) is 6.82. The van der Waals surface area contributed by atoms with Gasteiger partial charge >= 0.3 is 0 Å². The lowest BCUT2D eigenvalue weighted by molar-refractivity contribution is 0.116. The molecular weight excluding hydrogens is 248 g/mol. The van der Waals surface area contributed by atoms with Crippen LogP contribution in [0.5, 0.6) is 0 Å². The molecular formula is C11H21ClO3S. The summed E-state index contributed by atoms with van der Waals surface area (Å²) < 4.78 is 27.0. The molecule has 1 saturated carbocycles. The molecule has 1 atom stereocenters. The van der Waals surface area contributed by atoms with Crippen LogP contribution in [-0.2, 0) is 13.8 Å². The van der Waals surface area contributed by atoms with Crippen molar-refractivity contribution in [3.8, 4) is 0 Å². The van der Waals surface area contributed by atoms with Crippen LogP contribution in [-0.4, -0.2) is 27.4 Å². The molecule has 0 radical (unpaired) electrons. The summed E-state index contributed by atoms with van der Waals surface area (Å²) in [6.45, 7) is 3.62. The summed E-state index contributed by atoms with van der Waals surface area (Å²) in [6.07, 6.45) is 5.46. The molecule has 0 N–H and O–H groups in total. The molecule has 0 aromatic heterocycles. The van der Waals surface area contributed by atoms with E-state index in [4.69, 9.17) is 15.4 Å². The van der Waals surface area contributed by atoms with Crippen molar-refractivity contribution in [1.82, 2.24) is 0 Å². The molecule has 0 spiro atoms. The van der Waals surface area contributed by atoms with Gasteiger partial charge in [0.25, 0.3) is 0 Å². The Morgan fingerprint density at radius 3 is 2.56 bits per heavy atom. The van der Waals surface area contributed by atoms with Gasteiger partial charge in [0.05, 0.1) is 5.75 Å². The summed E-state index contributed by atoms with van der Waals surface area (Å²) in [5.41, 5.74) is 0. The molecule has 0 aromatic rings. The van der Waals surface area contributed by atoms with Gasteiger partial charge in [0.1, 0.15) is 0 Å². The van der Waals surface area contributed by atoms with Gasteiger partial charge in [-0.15, -0.1) is 0 Å². The van der Waals surface area contributed by atoms with Gasteiger partial charge in [-0.05, 0) is 31.1 Å². The van der Waals surface area contributed by atoms with Crippen LogP contribution in [0.15, 0.2) is 0 Å². The molecule has 3 nitrogen and oxygen atoms in total. The van der Waals surface area contributed by atoms with E-state index in [1.54, 1.807) is 0 Å². The van der Waals surface area contributed by atoms with E-state index < -0.39 is 9.05 Å². The highest BCUT2D eigenvalue weighted by atomic mass is 35.7. The minimum absolute atomic E-state index is 0.0673. The van der Waals surface area contributed by atoms with E-state index in [-0.39, 0.29) is 5.75 Å². The zero-order chi connectivity index (χ0) is 12.0. The summed E-state index contributed by atoms with van der Waals surface area (Å²) in [5.74, 6) is 1.34. The van der Waals surface area contributed by atoms with Crippen LogP contribution in [0.3, 0.4) is 0 Å². The van der Waals surface area contributed by atoms with Crippen LogP contribution in [0.2, 0.25) is 0 Å². The fourth-order valence-corrected chi connectivity index (χ4v) is 2.48. The Labute approximate surface area is 103 Å². The topological polar surface area (TPSA) is 43.4 Å². The molecule has 0 amide bonds. The molecule has 1 rings (SSSR count). The fourth-order valence-electron chi connectivity index (χ4n) is 1.53. The van der Waals surface area contributed by atoms with Gasteiger partial charge in [-0.25, -0.2) is 8.42 Å². The Balaban J connectivity index is 1.90. The normalized spacial score (nSPS) is 18.6. The first-order valence-electron chi connectivity index (χ1n) is 5.97. The average Bonchev–Trinajstić information content (AvgIpc) is 2.97. The highest BCUT2D eigenvalue weighted by Crippen LogP contribution is 2.32. The SMILES string of the molecule is CC(CCOCCC1CC1)CCS(=O)(=O)Cl. The van der Waals surface area contributed by atoms with Crippen LogP contribution in [0.4, 0.5) is 0 Å². The van der Waals surface area contributed by atoms with E-state index in [9.17, 15) is 8.42 Å². The predicted molar refractivity (Wildman–Crippen MR) is 66.2 cm³/mol. The van der Waals surface area contributed by atoms with Crippen LogP contribution >= 0.6 is 10.7 Å². The summed E-state index contributed by atoms with van der Waals surface area (Å²) in [6, 6.07) is 0. The van der Waals surface area contributed by atoms with Crippen LogP contribution in [0.25, 0.3) is 0 Å². The van der Waals surface area contributed by atoms with Crippen molar-refractivity contribution in [3.05, 3.63) is 0 Å². The molecule has 5 heteroatoms. The van der Waals surface area contributed by atoms with E-state index >= 15 is 0 Å². The standard InChI is InChI=1S/C11H21ClO3S/c1-10(6-9-16(12,13)14)4-7-15-8-5-11-2-3-11/h10-11H,2-9H2,1H3. The fraction of sp³-hybridized carbons (Fsp3) is 1.00. The molecule has 0 saturated heterocycles. The van der Waals surface area contributed by atoms with Gasteiger partial charge in [-0.1, -0.05) is 19.8 Å². The van der Waals surface area contributed by atoms with Gasteiger partial charge < -0.3 is 4.74 Å². The summed E-state index contributed by atoms with van der Waals surface area (Å²) >= 11 is 0. The van der Waals surface area contributed by atoms with E-state index in [1.807, 2.05) is 6.92 Å². The molecule has 1 aliphatic rings. The third-order valence-corrected chi connectivity index (χ3v) is 4.16. The summed E-state index contributed by atoms with van der Waals surface area (Å²) in [4.78, 5) is 0. The van der Waals surface area contributed by atoms with Crippen LogP contribution in [0.1, 0.15) is 39.0 Å². The lowest BCUT2D eigenvalue weighted by atomic mass is 10.1. The Morgan fingerprint density at radius 1 is 1.31 bits per heavy atom. The smallest absolute Gasteiger partial charge is 0.232 e. The van der Waals surface area contributed by atoms with E-state index in [2.05, 4.69) is 0 Å². The van der Waals surface area contributed by atoms with Crippen LogP contribution in [0, 0.1) is 11.8 Å². The molecule has 0 aliphatic heterocycles. The molecule has 0 heterocycles. The highest BCUT2D eigenvalue weighted by molar-refractivity contribution is 8.13. The molecule has 16 heavy (non-hydrogen) atoms. The van der Waals surface area contributed by atoms with Gasteiger partial charge in [0.2, 0.25) is 9.05 Å². The third-order valence-electron chi connectivity index (χ3n) is 2.98. The monoisotopic (exact) mass is 268 g/mol. The van der Waals surface area contributed by atoms with Gasteiger partial charge in [0.15, 0.2) is 0 Å². The summed E-state index contributed by atoms with van der Waals surface area (Å²) in [7, 11) is 1.82. The first-order chi connectivity index (χ1) is 7.47. The molecule has 1 aliphatic carbocycles. The molecule has 96 valence electrons. The number of hydrogen-bond donors (Lipinski definition) is 0. The zero-order valence-corrected chi connectivity index (χ0v) is 11.4. The first kappa shape index (κ1) is 14.3. The maximum atomic E-state index is 10.7. The molecule has 1 unspecified atom stereocenters. The second-order valence-corrected chi connectivity index (χ2v) is 7.67. The first-order valence-corrected chi connectivity index (χ1v) is 8.45. The second-order valence-electron chi connectivity index (χ2n) is 4.77. The molecule has 0 bridgehead atoms. The maximum Gasteiger partial charge on any atom is 0.232 e. The van der Waals surface area contributed by atoms with Crippen molar-refractivity contribution in [1.29, 1.82) is 0 Å².